The van der Waals surface area contributed by atoms with Gasteiger partial charge in [-0.15, -0.1) is 0 Å². The Morgan fingerprint density at radius 1 is 1.12 bits per heavy atom. The van der Waals surface area contributed by atoms with E-state index in [9.17, 15) is 27.6 Å². The number of alkyl halides is 3. The summed E-state index contributed by atoms with van der Waals surface area (Å²) < 4.78 is 43.3. The topological polar surface area (TPSA) is 111 Å². The summed E-state index contributed by atoms with van der Waals surface area (Å²) >= 11 is 0. The van der Waals surface area contributed by atoms with Crippen molar-refractivity contribution in [2.24, 2.45) is 0 Å². The summed E-state index contributed by atoms with van der Waals surface area (Å²) in [5.74, 6) is -3.66. The molecule has 1 aliphatic heterocycles. The number of fused-ring (bicyclic) bond motifs is 1. The summed E-state index contributed by atoms with van der Waals surface area (Å²) in [5.41, 5.74) is 0.421. The molecule has 0 atom stereocenters. The second-order valence-electron chi connectivity index (χ2n) is 7.33. The van der Waals surface area contributed by atoms with Gasteiger partial charge in [0.2, 0.25) is 5.95 Å². The molecule has 1 aliphatic rings. The molecule has 1 saturated heterocycles. The van der Waals surface area contributed by atoms with Gasteiger partial charge in [0.05, 0.1) is 6.54 Å². The highest BCUT2D eigenvalue weighted by Gasteiger charge is 2.42. The molecular formula is C20H19F3N6O4. The van der Waals surface area contributed by atoms with Crippen molar-refractivity contribution in [3.63, 3.8) is 0 Å². The van der Waals surface area contributed by atoms with Gasteiger partial charge in [-0.1, -0.05) is 30.3 Å². The van der Waals surface area contributed by atoms with Gasteiger partial charge in [0.1, 0.15) is 12.9 Å². The zero-order chi connectivity index (χ0) is 23.6. The van der Waals surface area contributed by atoms with Crippen LogP contribution in [0.15, 0.2) is 41.5 Å². The lowest BCUT2D eigenvalue weighted by molar-refractivity contribution is -0.202. The number of anilines is 1. The highest BCUT2D eigenvalue weighted by atomic mass is 19.4. The number of rotatable bonds is 5. The lowest BCUT2D eigenvalue weighted by atomic mass is 10.2. The number of piperazine rings is 1. The SMILES string of the molecule is O=C(Cn1cnc2nc(N3CCNCC3)n(Cc3ccccc3)c2c1=O)OC(=O)C(F)(F)F. The van der Waals surface area contributed by atoms with Crippen LogP contribution in [0.4, 0.5) is 19.1 Å². The van der Waals surface area contributed by atoms with Gasteiger partial charge in [0, 0.05) is 26.2 Å². The summed E-state index contributed by atoms with van der Waals surface area (Å²) in [6, 6.07) is 9.31. The number of imidazole rings is 1. The Hall–Kier alpha value is -3.74. The third-order valence-electron chi connectivity index (χ3n) is 5.03. The van der Waals surface area contributed by atoms with E-state index in [2.05, 4.69) is 20.0 Å². The maximum absolute atomic E-state index is 13.2. The third-order valence-corrected chi connectivity index (χ3v) is 5.03. The number of benzene rings is 1. The lowest BCUT2D eigenvalue weighted by Crippen LogP contribution is -2.44. The van der Waals surface area contributed by atoms with Crippen LogP contribution in [0.1, 0.15) is 5.56 Å². The lowest BCUT2D eigenvalue weighted by Gasteiger charge is -2.28. The summed E-state index contributed by atoms with van der Waals surface area (Å²) in [5, 5.41) is 3.24. The minimum absolute atomic E-state index is 0.0878. The van der Waals surface area contributed by atoms with Crippen molar-refractivity contribution in [2.45, 2.75) is 19.3 Å². The van der Waals surface area contributed by atoms with Gasteiger partial charge in [-0.3, -0.25) is 13.9 Å². The van der Waals surface area contributed by atoms with Gasteiger partial charge in [0.25, 0.3) is 5.56 Å². The number of nitrogens with zero attached hydrogens (tertiary/aromatic N) is 5. The summed E-state index contributed by atoms with van der Waals surface area (Å²) in [6.45, 7) is 2.13. The van der Waals surface area contributed by atoms with Gasteiger partial charge in [0.15, 0.2) is 11.2 Å². The average Bonchev–Trinajstić information content (AvgIpc) is 3.15. The Morgan fingerprint density at radius 2 is 1.82 bits per heavy atom. The van der Waals surface area contributed by atoms with E-state index in [1.165, 1.54) is 0 Å². The molecule has 3 aromatic rings. The zero-order valence-corrected chi connectivity index (χ0v) is 17.2. The van der Waals surface area contributed by atoms with Crippen molar-refractivity contribution in [3.05, 3.63) is 52.6 Å². The molecular weight excluding hydrogens is 445 g/mol. The Morgan fingerprint density at radius 3 is 2.48 bits per heavy atom. The Labute approximate surface area is 184 Å². The van der Waals surface area contributed by atoms with Crippen molar-refractivity contribution >= 4 is 29.1 Å². The standard InChI is InChI=1S/C20H19F3N6O4/c21-20(22,23)18(32)33-14(30)11-28-12-25-16-15(17(28)31)29(10-13-4-2-1-3-5-13)19(26-16)27-8-6-24-7-9-27/h1-5,12,24H,6-11H2. The number of esters is 2. The Kier molecular flexibility index (Phi) is 6.14. The van der Waals surface area contributed by atoms with Crippen LogP contribution in [0.25, 0.3) is 11.2 Å². The summed E-state index contributed by atoms with van der Waals surface area (Å²) in [4.78, 5) is 46.5. The summed E-state index contributed by atoms with van der Waals surface area (Å²) in [7, 11) is 0. The number of halogens is 3. The molecule has 4 rings (SSSR count). The molecule has 13 heteroatoms. The fourth-order valence-corrected chi connectivity index (χ4v) is 3.51. The van der Waals surface area contributed by atoms with Crippen molar-refractivity contribution < 1.29 is 27.5 Å². The predicted molar refractivity (Wildman–Crippen MR) is 110 cm³/mol. The van der Waals surface area contributed by atoms with E-state index >= 15 is 0 Å². The van der Waals surface area contributed by atoms with E-state index in [0.717, 1.165) is 29.5 Å². The van der Waals surface area contributed by atoms with Crippen molar-refractivity contribution in [2.75, 3.05) is 31.1 Å². The molecule has 0 aliphatic carbocycles. The molecule has 0 unspecified atom stereocenters. The van der Waals surface area contributed by atoms with E-state index in [1.807, 2.05) is 35.2 Å². The first-order chi connectivity index (χ1) is 15.7. The van der Waals surface area contributed by atoms with Crippen molar-refractivity contribution in [1.82, 2.24) is 24.4 Å². The van der Waals surface area contributed by atoms with Crippen molar-refractivity contribution in [3.8, 4) is 0 Å². The van der Waals surface area contributed by atoms with E-state index in [4.69, 9.17) is 0 Å². The van der Waals surface area contributed by atoms with Gasteiger partial charge in [-0.05, 0) is 5.56 Å². The molecule has 33 heavy (non-hydrogen) atoms. The largest absolute Gasteiger partial charge is 0.491 e. The minimum atomic E-state index is -5.32. The van der Waals surface area contributed by atoms with Crippen LogP contribution in [0.5, 0.6) is 0 Å². The second-order valence-corrected chi connectivity index (χ2v) is 7.33. The molecule has 2 aromatic heterocycles. The molecule has 1 aromatic carbocycles. The van der Waals surface area contributed by atoms with E-state index in [0.29, 0.717) is 19.0 Å². The minimum Gasteiger partial charge on any atom is -0.385 e. The van der Waals surface area contributed by atoms with E-state index in [1.54, 1.807) is 4.57 Å². The van der Waals surface area contributed by atoms with Gasteiger partial charge < -0.3 is 15.0 Å². The monoisotopic (exact) mass is 464 g/mol. The van der Waals surface area contributed by atoms with Gasteiger partial charge in [-0.2, -0.15) is 18.2 Å². The van der Waals surface area contributed by atoms with E-state index in [-0.39, 0.29) is 17.7 Å². The molecule has 0 saturated carbocycles. The maximum atomic E-state index is 13.2. The van der Waals surface area contributed by atoms with Crippen LogP contribution in [0.3, 0.4) is 0 Å². The van der Waals surface area contributed by atoms with Crippen LogP contribution in [0.2, 0.25) is 0 Å². The molecule has 1 N–H and O–H groups in total. The van der Waals surface area contributed by atoms with Crippen LogP contribution in [0, 0.1) is 0 Å². The highest BCUT2D eigenvalue weighted by molar-refractivity contribution is 5.88. The average molecular weight is 464 g/mol. The number of hydrogen-bond acceptors (Lipinski definition) is 8. The van der Waals surface area contributed by atoms with Gasteiger partial charge >= 0.3 is 18.1 Å². The number of aromatic nitrogens is 4. The molecule has 0 radical (unpaired) electrons. The quantitative estimate of drug-likeness (QED) is 0.434. The molecule has 0 spiro atoms. The smallest absolute Gasteiger partial charge is 0.385 e. The second kappa shape index (κ2) is 9.02. The van der Waals surface area contributed by atoms with Crippen molar-refractivity contribution in [1.29, 1.82) is 0 Å². The van der Waals surface area contributed by atoms with Crippen LogP contribution >= 0.6 is 0 Å². The normalized spacial score (nSPS) is 14.5. The van der Waals surface area contributed by atoms with Crippen LogP contribution < -0.4 is 15.8 Å². The molecule has 1 fully saturated rings. The molecule has 10 nitrogen and oxygen atoms in total. The number of carbonyl (C=O) groups excluding carboxylic acids is 2. The highest BCUT2D eigenvalue weighted by Crippen LogP contribution is 2.21. The fraction of sp³-hybridized carbons (Fsp3) is 0.350. The Bertz CT molecular complexity index is 1230. The summed E-state index contributed by atoms with van der Waals surface area (Å²) in [6.07, 6.45) is -4.33. The molecule has 0 amide bonds. The predicted octanol–water partition coefficient (Wildman–Crippen LogP) is 0.683. The number of nitrogens with one attached hydrogen (secondary N) is 1. The number of carbonyl (C=O) groups is 2. The van der Waals surface area contributed by atoms with E-state index < -0.39 is 30.2 Å². The van der Waals surface area contributed by atoms with Crippen LogP contribution in [-0.2, 0) is 27.4 Å². The first-order valence-corrected chi connectivity index (χ1v) is 10.0. The van der Waals surface area contributed by atoms with Gasteiger partial charge in [-0.25, -0.2) is 14.6 Å². The molecule has 3 heterocycles. The first kappa shape index (κ1) is 22.5. The zero-order valence-electron chi connectivity index (χ0n) is 17.2. The number of ether oxygens (including phenoxy) is 1. The molecule has 174 valence electrons. The molecule has 0 bridgehead atoms. The Balaban J connectivity index is 1.72. The fourth-order valence-electron chi connectivity index (χ4n) is 3.51. The third kappa shape index (κ3) is 4.87. The first-order valence-electron chi connectivity index (χ1n) is 10.0. The van der Waals surface area contributed by atoms with Crippen LogP contribution in [-0.4, -0.2) is 63.4 Å². The number of hydrogen-bond donors (Lipinski definition) is 1. The maximum Gasteiger partial charge on any atom is 0.491 e.